The minimum atomic E-state index is 0.0302. The summed E-state index contributed by atoms with van der Waals surface area (Å²) in [5.74, 6) is 0.948. The summed E-state index contributed by atoms with van der Waals surface area (Å²) in [4.78, 5) is 16.1. The first-order valence-corrected chi connectivity index (χ1v) is 6.88. The molecule has 5 nitrogen and oxygen atoms in total. The van der Waals surface area contributed by atoms with E-state index in [-0.39, 0.29) is 5.91 Å². The highest BCUT2D eigenvalue weighted by molar-refractivity contribution is 5.92. The summed E-state index contributed by atoms with van der Waals surface area (Å²) < 4.78 is 5.39. The largest absolute Gasteiger partial charge is 0.476 e. The number of nitrogens with zero attached hydrogens (tertiary/aromatic N) is 1. The Labute approximate surface area is 113 Å². The van der Waals surface area contributed by atoms with Crippen LogP contribution in [0, 0.1) is 5.92 Å². The van der Waals surface area contributed by atoms with Crippen molar-refractivity contribution in [2.24, 2.45) is 5.92 Å². The molecule has 1 unspecified atom stereocenters. The van der Waals surface area contributed by atoms with Crippen LogP contribution in [0.1, 0.15) is 26.2 Å². The molecule has 0 aliphatic carbocycles. The minimum Gasteiger partial charge on any atom is -0.476 e. The zero-order chi connectivity index (χ0) is 13.5. The second-order valence-corrected chi connectivity index (χ2v) is 4.75. The number of nitrogens with one attached hydrogen (secondary N) is 2. The second-order valence-electron chi connectivity index (χ2n) is 4.75. The molecule has 2 heterocycles. The van der Waals surface area contributed by atoms with Crippen molar-refractivity contribution in [3.05, 3.63) is 18.3 Å². The van der Waals surface area contributed by atoms with Crippen molar-refractivity contribution in [1.82, 2.24) is 10.3 Å². The predicted octanol–water partition coefficient (Wildman–Crippen LogP) is 1.81. The number of piperidine rings is 1. The van der Waals surface area contributed by atoms with Crippen LogP contribution < -0.4 is 15.4 Å². The van der Waals surface area contributed by atoms with Crippen LogP contribution in [0.4, 0.5) is 5.69 Å². The highest BCUT2D eigenvalue weighted by Gasteiger charge is 2.17. The lowest BCUT2D eigenvalue weighted by molar-refractivity contribution is -0.117. The quantitative estimate of drug-likeness (QED) is 0.850. The van der Waals surface area contributed by atoms with Gasteiger partial charge < -0.3 is 15.4 Å². The van der Waals surface area contributed by atoms with E-state index >= 15 is 0 Å². The van der Waals surface area contributed by atoms with Gasteiger partial charge in [-0.25, -0.2) is 4.98 Å². The first-order valence-electron chi connectivity index (χ1n) is 6.88. The lowest BCUT2D eigenvalue weighted by atomic mass is 9.96. The molecule has 19 heavy (non-hydrogen) atoms. The van der Waals surface area contributed by atoms with Crippen molar-refractivity contribution in [1.29, 1.82) is 0 Å². The molecule has 1 aromatic rings. The van der Waals surface area contributed by atoms with Crippen LogP contribution in [0.3, 0.4) is 0 Å². The van der Waals surface area contributed by atoms with Crippen molar-refractivity contribution in [3.8, 4) is 5.88 Å². The lowest BCUT2D eigenvalue weighted by Crippen LogP contribution is -2.32. The topological polar surface area (TPSA) is 63.2 Å². The van der Waals surface area contributed by atoms with Gasteiger partial charge in [0, 0.05) is 12.6 Å². The molecule has 0 spiro atoms. The molecule has 0 aromatic carbocycles. The van der Waals surface area contributed by atoms with Crippen molar-refractivity contribution in [3.63, 3.8) is 0 Å². The summed E-state index contributed by atoms with van der Waals surface area (Å²) in [6.45, 7) is 4.42. The van der Waals surface area contributed by atoms with Gasteiger partial charge in [-0.2, -0.15) is 0 Å². The van der Waals surface area contributed by atoms with Gasteiger partial charge in [-0.05, 0) is 50.9 Å². The van der Waals surface area contributed by atoms with Crippen molar-refractivity contribution >= 4 is 11.6 Å². The average Bonchev–Trinajstić information content (AvgIpc) is 2.42. The Hall–Kier alpha value is -1.62. The van der Waals surface area contributed by atoms with E-state index in [9.17, 15) is 4.79 Å². The molecule has 104 valence electrons. The summed E-state index contributed by atoms with van der Waals surface area (Å²) in [5.41, 5.74) is 0.651. The first-order chi connectivity index (χ1) is 9.29. The van der Waals surface area contributed by atoms with E-state index in [2.05, 4.69) is 15.6 Å². The van der Waals surface area contributed by atoms with Crippen LogP contribution in [-0.4, -0.2) is 30.6 Å². The normalized spacial score (nSPS) is 18.9. The molecule has 0 saturated carbocycles. The van der Waals surface area contributed by atoms with Crippen LogP contribution >= 0.6 is 0 Å². The molecule has 0 bridgehead atoms. The maximum absolute atomic E-state index is 12.0. The number of ether oxygens (including phenoxy) is 1. The fraction of sp³-hybridized carbons (Fsp3) is 0.571. The Bertz CT molecular complexity index is 417. The fourth-order valence-corrected chi connectivity index (χ4v) is 2.30. The molecule has 1 atom stereocenters. The van der Waals surface area contributed by atoms with Crippen LogP contribution in [0.2, 0.25) is 0 Å². The van der Waals surface area contributed by atoms with Crippen LogP contribution in [-0.2, 0) is 4.79 Å². The highest BCUT2D eigenvalue weighted by Crippen LogP contribution is 2.22. The number of hydrogen-bond acceptors (Lipinski definition) is 4. The summed E-state index contributed by atoms with van der Waals surface area (Å²) in [7, 11) is 0. The molecule has 2 N–H and O–H groups in total. The number of hydrogen-bond donors (Lipinski definition) is 2. The van der Waals surface area contributed by atoms with Gasteiger partial charge in [0.1, 0.15) is 5.69 Å². The van der Waals surface area contributed by atoms with E-state index < -0.39 is 0 Å². The molecule has 1 aromatic heterocycles. The van der Waals surface area contributed by atoms with Gasteiger partial charge in [-0.15, -0.1) is 0 Å². The van der Waals surface area contributed by atoms with E-state index in [1.165, 1.54) is 0 Å². The molecule has 0 radical (unpaired) electrons. The lowest BCUT2D eigenvalue weighted by Gasteiger charge is -2.22. The number of pyridine rings is 1. The molecular weight excluding hydrogens is 242 g/mol. The predicted molar refractivity (Wildman–Crippen MR) is 74.2 cm³/mol. The third kappa shape index (κ3) is 4.21. The monoisotopic (exact) mass is 263 g/mol. The second kappa shape index (κ2) is 7.09. The number of amides is 1. The Kier molecular flexibility index (Phi) is 5.15. The molecule has 5 heteroatoms. The van der Waals surface area contributed by atoms with E-state index in [4.69, 9.17) is 4.74 Å². The highest BCUT2D eigenvalue weighted by atomic mass is 16.5. The molecule has 1 amide bonds. The van der Waals surface area contributed by atoms with E-state index in [0.717, 1.165) is 25.9 Å². The zero-order valence-corrected chi connectivity index (χ0v) is 11.3. The fourth-order valence-electron chi connectivity index (χ4n) is 2.30. The van der Waals surface area contributed by atoms with Gasteiger partial charge in [-0.3, -0.25) is 4.79 Å². The minimum absolute atomic E-state index is 0.0302. The molecule has 1 saturated heterocycles. The molecule has 1 fully saturated rings. The zero-order valence-electron chi connectivity index (χ0n) is 11.3. The number of rotatable bonds is 5. The Morgan fingerprint density at radius 1 is 1.63 bits per heavy atom. The van der Waals surface area contributed by atoms with Crippen LogP contribution in [0.5, 0.6) is 5.88 Å². The third-order valence-electron chi connectivity index (χ3n) is 3.20. The van der Waals surface area contributed by atoms with Gasteiger partial charge in [0.05, 0.1) is 6.61 Å². The van der Waals surface area contributed by atoms with Gasteiger partial charge in [0.25, 0.3) is 0 Å². The van der Waals surface area contributed by atoms with Gasteiger partial charge in [0.15, 0.2) is 0 Å². The summed E-state index contributed by atoms with van der Waals surface area (Å²) >= 11 is 0. The number of carbonyl (C=O) groups excluding carboxylic acids is 1. The number of carbonyl (C=O) groups is 1. The molecule has 1 aliphatic rings. The Morgan fingerprint density at radius 2 is 2.53 bits per heavy atom. The van der Waals surface area contributed by atoms with Crippen LogP contribution in [0.25, 0.3) is 0 Å². The number of aromatic nitrogens is 1. The van der Waals surface area contributed by atoms with E-state index in [0.29, 0.717) is 30.5 Å². The maximum atomic E-state index is 12.0. The standard InChI is InChI=1S/C14H21N3O2/c1-2-19-14-12(6-4-8-16-14)17-13(18)9-11-5-3-7-15-10-11/h4,6,8,11,15H,2-3,5,7,9-10H2,1H3,(H,17,18). The van der Waals surface area contributed by atoms with Gasteiger partial charge >= 0.3 is 0 Å². The Balaban J connectivity index is 1.90. The Morgan fingerprint density at radius 3 is 3.26 bits per heavy atom. The van der Waals surface area contributed by atoms with E-state index in [1.807, 2.05) is 13.0 Å². The van der Waals surface area contributed by atoms with Crippen molar-refractivity contribution < 1.29 is 9.53 Å². The van der Waals surface area contributed by atoms with Crippen molar-refractivity contribution in [2.75, 3.05) is 25.0 Å². The molecule has 2 rings (SSSR count). The SMILES string of the molecule is CCOc1ncccc1NC(=O)CC1CCCNC1. The number of anilines is 1. The maximum Gasteiger partial charge on any atom is 0.237 e. The van der Waals surface area contributed by atoms with Crippen molar-refractivity contribution in [2.45, 2.75) is 26.2 Å². The summed E-state index contributed by atoms with van der Waals surface area (Å²) in [6.07, 6.45) is 4.47. The average molecular weight is 263 g/mol. The smallest absolute Gasteiger partial charge is 0.237 e. The summed E-state index contributed by atoms with van der Waals surface area (Å²) in [6, 6.07) is 3.61. The van der Waals surface area contributed by atoms with Crippen LogP contribution in [0.15, 0.2) is 18.3 Å². The third-order valence-corrected chi connectivity index (χ3v) is 3.20. The molecular formula is C14H21N3O2. The summed E-state index contributed by atoms with van der Waals surface area (Å²) in [5, 5.41) is 6.21. The van der Waals surface area contributed by atoms with Gasteiger partial charge in [0.2, 0.25) is 11.8 Å². The first kappa shape index (κ1) is 13.8. The molecule has 1 aliphatic heterocycles. The van der Waals surface area contributed by atoms with Gasteiger partial charge in [-0.1, -0.05) is 0 Å². The van der Waals surface area contributed by atoms with E-state index in [1.54, 1.807) is 12.3 Å².